The van der Waals surface area contributed by atoms with Gasteiger partial charge in [0.2, 0.25) is 5.91 Å². The average molecular weight is 517 g/mol. The van der Waals surface area contributed by atoms with Gasteiger partial charge in [0.25, 0.3) is 0 Å². The molecule has 0 saturated heterocycles. The fraction of sp³-hybridized carbons (Fsp3) is 0.121. The van der Waals surface area contributed by atoms with Crippen molar-refractivity contribution in [3.63, 3.8) is 0 Å². The molecule has 0 spiro atoms. The van der Waals surface area contributed by atoms with Gasteiger partial charge in [0, 0.05) is 24.0 Å². The van der Waals surface area contributed by atoms with Crippen LogP contribution in [0.15, 0.2) is 103 Å². The summed E-state index contributed by atoms with van der Waals surface area (Å²) >= 11 is 1.44. The van der Waals surface area contributed by atoms with Crippen molar-refractivity contribution < 1.29 is 9.59 Å². The molecule has 5 heteroatoms. The van der Waals surface area contributed by atoms with E-state index in [4.69, 9.17) is 4.98 Å². The Bertz CT molecular complexity index is 1570. The van der Waals surface area contributed by atoms with Crippen LogP contribution in [0.1, 0.15) is 34.3 Å². The van der Waals surface area contributed by atoms with Gasteiger partial charge in [-0.15, -0.1) is 0 Å². The van der Waals surface area contributed by atoms with Crippen LogP contribution < -0.4 is 5.32 Å². The number of benzene rings is 4. The number of thiazole rings is 1. The number of amides is 1. The van der Waals surface area contributed by atoms with Crippen LogP contribution in [0, 0.1) is 13.8 Å². The largest absolute Gasteiger partial charge is 0.302 e. The van der Waals surface area contributed by atoms with Crippen molar-refractivity contribution in [1.82, 2.24) is 4.98 Å². The van der Waals surface area contributed by atoms with E-state index in [1.807, 2.05) is 80.6 Å². The van der Waals surface area contributed by atoms with E-state index in [0.717, 1.165) is 44.0 Å². The van der Waals surface area contributed by atoms with Crippen molar-refractivity contribution in [3.8, 4) is 32.8 Å². The quantitative estimate of drug-likeness (QED) is 0.211. The molecule has 0 aliphatic carbocycles. The van der Waals surface area contributed by atoms with Crippen molar-refractivity contribution in [1.29, 1.82) is 0 Å². The minimum absolute atomic E-state index is 0.0235. The lowest BCUT2D eigenvalue weighted by molar-refractivity contribution is -0.116. The maximum atomic E-state index is 12.8. The molecule has 0 atom stereocenters. The second-order valence-electron chi connectivity index (χ2n) is 9.30. The van der Waals surface area contributed by atoms with E-state index in [1.54, 1.807) is 0 Å². The molecule has 5 rings (SSSR count). The number of hydrogen-bond acceptors (Lipinski definition) is 4. The molecular formula is C33H28N2O2S. The Morgan fingerprint density at radius 1 is 0.711 bits per heavy atom. The summed E-state index contributed by atoms with van der Waals surface area (Å²) in [6, 6.07) is 34.4. The number of rotatable bonds is 8. The Hall–Kier alpha value is -4.35. The number of anilines is 1. The number of hydrogen-bond donors (Lipinski definition) is 1. The molecule has 1 heterocycles. The Morgan fingerprint density at radius 3 is 2.00 bits per heavy atom. The minimum Gasteiger partial charge on any atom is -0.302 e. The molecule has 1 N–H and O–H groups in total. The predicted molar refractivity (Wildman–Crippen MR) is 157 cm³/mol. The number of Topliss-reactive ketones (excluding diaryl/α,β-unsaturated/α-hetero) is 1. The summed E-state index contributed by atoms with van der Waals surface area (Å²) in [6.45, 7) is 3.88. The lowest BCUT2D eigenvalue weighted by atomic mass is 9.99. The molecule has 4 aromatic carbocycles. The molecular weight excluding hydrogens is 488 g/mol. The van der Waals surface area contributed by atoms with Gasteiger partial charge in [0.1, 0.15) is 0 Å². The summed E-state index contributed by atoms with van der Waals surface area (Å²) in [6.07, 6.45) is 0.258. The van der Waals surface area contributed by atoms with Gasteiger partial charge in [-0.2, -0.15) is 0 Å². The van der Waals surface area contributed by atoms with Crippen LogP contribution in [0.3, 0.4) is 0 Å². The molecule has 0 aliphatic rings. The highest BCUT2D eigenvalue weighted by atomic mass is 32.1. The Morgan fingerprint density at radius 2 is 1.32 bits per heavy atom. The summed E-state index contributed by atoms with van der Waals surface area (Å²) in [5, 5.41) is 3.45. The van der Waals surface area contributed by atoms with Crippen LogP contribution in [0.4, 0.5) is 5.13 Å². The second kappa shape index (κ2) is 11.4. The zero-order valence-corrected chi connectivity index (χ0v) is 22.2. The first kappa shape index (κ1) is 25.3. The monoisotopic (exact) mass is 516 g/mol. The van der Waals surface area contributed by atoms with E-state index in [0.29, 0.717) is 10.7 Å². The molecule has 1 aromatic heterocycles. The maximum absolute atomic E-state index is 12.8. The van der Waals surface area contributed by atoms with Gasteiger partial charge in [-0.05, 0) is 42.2 Å². The average Bonchev–Trinajstić information content (AvgIpc) is 3.37. The van der Waals surface area contributed by atoms with Crippen LogP contribution in [-0.2, 0) is 4.79 Å². The first-order valence-electron chi connectivity index (χ1n) is 12.6. The molecule has 0 radical (unpaired) electrons. The van der Waals surface area contributed by atoms with Crippen molar-refractivity contribution in [2.24, 2.45) is 0 Å². The molecule has 188 valence electrons. The first-order chi connectivity index (χ1) is 18.5. The third-order valence-electron chi connectivity index (χ3n) is 6.45. The Balaban J connectivity index is 1.36. The Kier molecular flexibility index (Phi) is 7.57. The van der Waals surface area contributed by atoms with E-state index >= 15 is 0 Å². The number of carbonyl (C=O) groups excluding carboxylic acids is 2. The number of nitrogens with one attached hydrogen (secondary N) is 1. The van der Waals surface area contributed by atoms with Gasteiger partial charge in [0.05, 0.1) is 10.6 Å². The van der Waals surface area contributed by atoms with Crippen LogP contribution in [-0.4, -0.2) is 16.7 Å². The standard InChI is InChI=1S/C33H28N2O2S/c1-22-13-14-23(2)28(21-22)29(36)19-20-30(37)34-33-35-31(26-11-7-4-8-12-26)32(38-33)27-17-15-25(16-18-27)24-9-5-3-6-10-24/h3-18,21H,19-20H2,1-2H3,(H,34,35,37). The number of aromatic nitrogens is 1. The predicted octanol–water partition coefficient (Wildman–Crippen LogP) is 8.36. The van der Waals surface area contributed by atoms with E-state index in [9.17, 15) is 9.59 Å². The topological polar surface area (TPSA) is 59.1 Å². The third-order valence-corrected chi connectivity index (χ3v) is 7.47. The zero-order chi connectivity index (χ0) is 26.5. The normalized spacial score (nSPS) is 10.8. The van der Waals surface area contributed by atoms with Crippen molar-refractivity contribution in [3.05, 3.63) is 120 Å². The number of aryl methyl sites for hydroxylation is 2. The lowest BCUT2D eigenvalue weighted by Crippen LogP contribution is -2.13. The lowest BCUT2D eigenvalue weighted by Gasteiger charge is -2.06. The van der Waals surface area contributed by atoms with Gasteiger partial charge < -0.3 is 5.32 Å². The highest BCUT2D eigenvalue weighted by Crippen LogP contribution is 2.39. The minimum atomic E-state index is -0.219. The second-order valence-corrected chi connectivity index (χ2v) is 10.3. The highest BCUT2D eigenvalue weighted by molar-refractivity contribution is 7.19. The summed E-state index contributed by atoms with van der Waals surface area (Å²) < 4.78 is 0. The van der Waals surface area contributed by atoms with E-state index in [-0.39, 0.29) is 24.5 Å². The van der Waals surface area contributed by atoms with Gasteiger partial charge in [-0.3, -0.25) is 9.59 Å². The molecule has 4 nitrogen and oxygen atoms in total. The van der Waals surface area contributed by atoms with Crippen molar-refractivity contribution in [2.45, 2.75) is 26.7 Å². The van der Waals surface area contributed by atoms with E-state index in [1.165, 1.54) is 11.3 Å². The molecule has 38 heavy (non-hydrogen) atoms. The smallest absolute Gasteiger partial charge is 0.226 e. The van der Waals surface area contributed by atoms with Crippen LogP contribution in [0.2, 0.25) is 0 Å². The molecule has 1 amide bonds. The van der Waals surface area contributed by atoms with Crippen LogP contribution >= 0.6 is 11.3 Å². The molecule has 5 aromatic rings. The van der Waals surface area contributed by atoms with Gasteiger partial charge in [-0.25, -0.2) is 4.98 Å². The molecule has 0 bridgehead atoms. The third kappa shape index (κ3) is 5.79. The molecule has 0 saturated carbocycles. The molecule has 0 aliphatic heterocycles. The van der Waals surface area contributed by atoms with E-state index < -0.39 is 0 Å². The number of carbonyl (C=O) groups is 2. The summed E-state index contributed by atoms with van der Waals surface area (Å²) in [4.78, 5) is 31.3. The Labute approximate surface area is 227 Å². The van der Waals surface area contributed by atoms with Gasteiger partial charge in [0.15, 0.2) is 10.9 Å². The highest BCUT2D eigenvalue weighted by Gasteiger charge is 2.18. The zero-order valence-electron chi connectivity index (χ0n) is 21.4. The first-order valence-corrected chi connectivity index (χ1v) is 13.4. The van der Waals surface area contributed by atoms with Gasteiger partial charge >= 0.3 is 0 Å². The SMILES string of the molecule is Cc1ccc(C)c(C(=O)CCC(=O)Nc2nc(-c3ccccc3)c(-c3ccc(-c4ccccc4)cc3)s2)c1. The molecule has 0 unspecified atom stereocenters. The summed E-state index contributed by atoms with van der Waals surface area (Å²) in [5.41, 5.74) is 7.78. The number of nitrogens with zero attached hydrogens (tertiary/aromatic N) is 1. The fourth-order valence-corrected chi connectivity index (χ4v) is 5.39. The van der Waals surface area contributed by atoms with Crippen molar-refractivity contribution in [2.75, 3.05) is 5.32 Å². The summed E-state index contributed by atoms with van der Waals surface area (Å²) in [5.74, 6) is -0.243. The molecule has 0 fully saturated rings. The fourth-order valence-electron chi connectivity index (χ4n) is 4.39. The van der Waals surface area contributed by atoms with E-state index in [2.05, 4.69) is 41.7 Å². The van der Waals surface area contributed by atoms with Crippen molar-refractivity contribution >= 4 is 28.2 Å². The maximum Gasteiger partial charge on any atom is 0.226 e. The number of ketones is 1. The van der Waals surface area contributed by atoms with Crippen LogP contribution in [0.5, 0.6) is 0 Å². The summed E-state index contributed by atoms with van der Waals surface area (Å²) in [7, 11) is 0. The van der Waals surface area contributed by atoms with Gasteiger partial charge in [-0.1, -0.05) is 114 Å². The van der Waals surface area contributed by atoms with Crippen LogP contribution in [0.25, 0.3) is 32.8 Å².